The summed E-state index contributed by atoms with van der Waals surface area (Å²) in [6.45, 7) is 3.52. The molecule has 1 saturated heterocycles. The Hall–Kier alpha value is -1.94. The third kappa shape index (κ3) is 2.90. The number of aryl methyl sites for hydroxylation is 1. The van der Waals surface area contributed by atoms with Crippen LogP contribution >= 0.6 is 0 Å². The Bertz CT molecular complexity index is 669. The van der Waals surface area contributed by atoms with E-state index in [9.17, 15) is 9.90 Å². The summed E-state index contributed by atoms with van der Waals surface area (Å²) in [5.41, 5.74) is 3.13. The van der Waals surface area contributed by atoms with Crippen molar-refractivity contribution in [2.45, 2.75) is 38.8 Å². The Morgan fingerprint density at radius 2 is 2.19 bits per heavy atom. The maximum atomic E-state index is 11.4. The second-order valence-electron chi connectivity index (χ2n) is 5.76. The van der Waals surface area contributed by atoms with Crippen LogP contribution in [-0.2, 0) is 11.3 Å². The molecular weight excluding hydrogens is 264 g/mol. The van der Waals surface area contributed by atoms with Crippen LogP contribution in [0.2, 0.25) is 0 Å². The summed E-state index contributed by atoms with van der Waals surface area (Å²) in [5, 5.41) is 10.5. The number of carboxylic acids is 1. The van der Waals surface area contributed by atoms with Crippen molar-refractivity contribution in [2.75, 3.05) is 6.54 Å². The van der Waals surface area contributed by atoms with Crippen LogP contribution in [0.4, 0.5) is 0 Å². The average molecular weight is 284 g/mol. The maximum absolute atomic E-state index is 11.4. The lowest BCUT2D eigenvalue weighted by atomic mass is 10.00. The fourth-order valence-electron chi connectivity index (χ4n) is 3.20. The van der Waals surface area contributed by atoms with E-state index in [4.69, 9.17) is 0 Å². The van der Waals surface area contributed by atoms with Crippen molar-refractivity contribution < 1.29 is 9.90 Å². The van der Waals surface area contributed by atoms with Gasteiger partial charge in [0.25, 0.3) is 0 Å². The second-order valence-corrected chi connectivity index (χ2v) is 5.76. The zero-order valence-electron chi connectivity index (χ0n) is 12.2. The maximum Gasteiger partial charge on any atom is 0.320 e. The van der Waals surface area contributed by atoms with Gasteiger partial charge in [0.05, 0.1) is 5.52 Å². The monoisotopic (exact) mass is 284 g/mol. The molecule has 4 heteroatoms. The van der Waals surface area contributed by atoms with Crippen LogP contribution in [0.3, 0.4) is 0 Å². The molecule has 1 fully saturated rings. The van der Waals surface area contributed by atoms with Crippen LogP contribution in [0.1, 0.15) is 30.5 Å². The second kappa shape index (κ2) is 5.82. The van der Waals surface area contributed by atoms with Crippen LogP contribution in [0.25, 0.3) is 10.9 Å². The number of likely N-dealkylation sites (tertiary alicyclic amines) is 1. The van der Waals surface area contributed by atoms with E-state index in [1.165, 1.54) is 5.56 Å². The molecule has 1 aromatic carbocycles. The number of rotatable bonds is 3. The van der Waals surface area contributed by atoms with Gasteiger partial charge < -0.3 is 5.11 Å². The zero-order valence-corrected chi connectivity index (χ0v) is 12.2. The Kier molecular flexibility index (Phi) is 3.88. The summed E-state index contributed by atoms with van der Waals surface area (Å²) >= 11 is 0. The summed E-state index contributed by atoms with van der Waals surface area (Å²) in [4.78, 5) is 18.1. The highest BCUT2D eigenvalue weighted by Gasteiger charge is 2.28. The summed E-state index contributed by atoms with van der Waals surface area (Å²) in [6, 6.07) is 9.79. The molecule has 1 aromatic heterocycles. The van der Waals surface area contributed by atoms with Crippen LogP contribution < -0.4 is 0 Å². The van der Waals surface area contributed by atoms with Crippen molar-refractivity contribution in [3.63, 3.8) is 0 Å². The molecule has 2 heterocycles. The normalized spacial score (nSPS) is 19.8. The summed E-state index contributed by atoms with van der Waals surface area (Å²) in [5.74, 6) is -0.704. The number of fused-ring (bicyclic) bond motifs is 1. The predicted molar refractivity (Wildman–Crippen MR) is 82.2 cm³/mol. The topological polar surface area (TPSA) is 53.4 Å². The number of benzene rings is 1. The fraction of sp³-hybridized carbons (Fsp3) is 0.412. The Balaban J connectivity index is 1.95. The lowest BCUT2D eigenvalue weighted by Crippen LogP contribution is -2.44. The highest BCUT2D eigenvalue weighted by atomic mass is 16.4. The van der Waals surface area contributed by atoms with Gasteiger partial charge in [0.15, 0.2) is 0 Å². The van der Waals surface area contributed by atoms with Gasteiger partial charge in [0, 0.05) is 17.6 Å². The summed E-state index contributed by atoms with van der Waals surface area (Å²) in [7, 11) is 0. The van der Waals surface area contributed by atoms with Gasteiger partial charge in [0.2, 0.25) is 0 Å². The molecule has 0 amide bonds. The minimum Gasteiger partial charge on any atom is -0.480 e. The van der Waals surface area contributed by atoms with Crippen molar-refractivity contribution >= 4 is 16.9 Å². The highest BCUT2D eigenvalue weighted by molar-refractivity contribution is 5.82. The highest BCUT2D eigenvalue weighted by Crippen LogP contribution is 2.24. The van der Waals surface area contributed by atoms with Crippen LogP contribution in [0, 0.1) is 6.92 Å². The molecular formula is C17H20N2O2. The minimum atomic E-state index is -0.704. The summed E-state index contributed by atoms with van der Waals surface area (Å²) in [6.07, 6.45) is 2.83. The molecule has 0 spiro atoms. The standard InChI is InChI=1S/C17H20N2O2/c1-12-10-13(14-6-2-3-7-15(14)18-12)11-19-9-5-4-8-16(19)17(20)21/h2-3,6-7,10,16H,4-5,8-9,11H2,1H3,(H,20,21). The van der Waals surface area contributed by atoms with Crippen molar-refractivity contribution in [1.29, 1.82) is 0 Å². The molecule has 1 unspecified atom stereocenters. The third-order valence-electron chi connectivity index (χ3n) is 4.20. The number of para-hydroxylation sites is 1. The van der Waals surface area contributed by atoms with Crippen molar-refractivity contribution in [1.82, 2.24) is 9.88 Å². The molecule has 0 radical (unpaired) electrons. The third-order valence-corrected chi connectivity index (χ3v) is 4.20. The number of hydrogen-bond acceptors (Lipinski definition) is 3. The van der Waals surface area contributed by atoms with Crippen LogP contribution in [0.15, 0.2) is 30.3 Å². The van der Waals surface area contributed by atoms with E-state index in [0.717, 1.165) is 42.4 Å². The first-order valence-corrected chi connectivity index (χ1v) is 7.47. The number of nitrogens with zero attached hydrogens (tertiary/aromatic N) is 2. The molecule has 0 bridgehead atoms. The van der Waals surface area contributed by atoms with Crippen LogP contribution in [-0.4, -0.2) is 33.5 Å². The lowest BCUT2D eigenvalue weighted by Gasteiger charge is -2.33. The molecule has 3 rings (SSSR count). The molecule has 0 saturated carbocycles. The molecule has 2 aromatic rings. The average Bonchev–Trinajstić information content (AvgIpc) is 2.47. The fourth-order valence-corrected chi connectivity index (χ4v) is 3.20. The van der Waals surface area contributed by atoms with Crippen molar-refractivity contribution in [2.24, 2.45) is 0 Å². The SMILES string of the molecule is Cc1cc(CN2CCCCC2C(=O)O)c2ccccc2n1. The van der Waals surface area contributed by atoms with Gasteiger partial charge in [-0.25, -0.2) is 0 Å². The molecule has 4 nitrogen and oxygen atoms in total. The number of hydrogen-bond donors (Lipinski definition) is 1. The van der Waals surface area contributed by atoms with E-state index < -0.39 is 5.97 Å². The number of pyridine rings is 1. The predicted octanol–water partition coefficient (Wildman–Crippen LogP) is 2.98. The zero-order chi connectivity index (χ0) is 14.8. The molecule has 0 aliphatic carbocycles. The van der Waals surface area contributed by atoms with Gasteiger partial charge in [-0.05, 0) is 44.0 Å². The van der Waals surface area contributed by atoms with Gasteiger partial charge in [0.1, 0.15) is 6.04 Å². The number of aliphatic carboxylic acids is 1. The van der Waals surface area contributed by atoms with E-state index >= 15 is 0 Å². The van der Waals surface area contributed by atoms with E-state index in [-0.39, 0.29) is 6.04 Å². The Labute approximate surface area is 124 Å². The molecule has 1 aliphatic rings. The van der Waals surface area contributed by atoms with Crippen LogP contribution in [0.5, 0.6) is 0 Å². The van der Waals surface area contributed by atoms with Gasteiger partial charge in [-0.1, -0.05) is 24.6 Å². The van der Waals surface area contributed by atoms with Gasteiger partial charge >= 0.3 is 5.97 Å². The first-order chi connectivity index (χ1) is 10.1. The van der Waals surface area contributed by atoms with E-state index in [1.54, 1.807) is 0 Å². The Morgan fingerprint density at radius 3 is 3.00 bits per heavy atom. The van der Waals surface area contributed by atoms with E-state index in [1.807, 2.05) is 25.1 Å². The van der Waals surface area contributed by atoms with Crippen molar-refractivity contribution in [3.05, 3.63) is 41.6 Å². The van der Waals surface area contributed by atoms with E-state index in [0.29, 0.717) is 6.54 Å². The first kappa shape index (κ1) is 14.0. The van der Waals surface area contributed by atoms with E-state index in [2.05, 4.69) is 22.0 Å². The Morgan fingerprint density at radius 1 is 1.38 bits per heavy atom. The number of piperidine rings is 1. The quantitative estimate of drug-likeness (QED) is 0.941. The number of aromatic nitrogens is 1. The first-order valence-electron chi connectivity index (χ1n) is 7.47. The summed E-state index contributed by atoms with van der Waals surface area (Å²) < 4.78 is 0. The molecule has 1 aliphatic heterocycles. The molecule has 1 N–H and O–H groups in total. The van der Waals surface area contributed by atoms with Gasteiger partial charge in [-0.3, -0.25) is 14.7 Å². The van der Waals surface area contributed by atoms with Gasteiger partial charge in [-0.2, -0.15) is 0 Å². The smallest absolute Gasteiger partial charge is 0.320 e. The number of carbonyl (C=O) groups is 1. The lowest BCUT2D eigenvalue weighted by molar-refractivity contribution is -0.144. The molecule has 21 heavy (non-hydrogen) atoms. The number of carboxylic acid groups (broad SMARTS) is 1. The van der Waals surface area contributed by atoms with Gasteiger partial charge in [-0.15, -0.1) is 0 Å². The largest absolute Gasteiger partial charge is 0.480 e. The minimum absolute atomic E-state index is 0.356. The molecule has 110 valence electrons. The molecule has 1 atom stereocenters. The van der Waals surface area contributed by atoms with Crippen molar-refractivity contribution in [3.8, 4) is 0 Å².